The fourth-order valence-electron chi connectivity index (χ4n) is 1.01. The normalized spacial score (nSPS) is 25.8. The molecular weight excluding hydrogens is 148 g/mol. The van der Waals surface area contributed by atoms with E-state index < -0.39 is 0 Å². The molecule has 1 nitrogen and oxygen atoms in total. The number of hydrogen-bond donors (Lipinski definition) is 0. The maximum atomic E-state index is 5.16. The van der Waals surface area contributed by atoms with Gasteiger partial charge < -0.3 is 4.74 Å². The molecule has 0 unspecified atom stereocenters. The second-order valence-corrected chi connectivity index (χ2v) is 2.90. The van der Waals surface area contributed by atoms with Gasteiger partial charge in [-0.25, -0.2) is 0 Å². The average molecular weight is 158 g/mol. The van der Waals surface area contributed by atoms with Gasteiger partial charge >= 0.3 is 0 Å². The SMILES string of the molecule is C[C@@H]1O[C@@H]1C#Cc1ccccc1. The zero-order valence-electron chi connectivity index (χ0n) is 6.95. The van der Waals surface area contributed by atoms with Crippen molar-refractivity contribution < 1.29 is 4.74 Å². The van der Waals surface area contributed by atoms with Gasteiger partial charge in [-0.2, -0.15) is 0 Å². The van der Waals surface area contributed by atoms with Crippen molar-refractivity contribution in [2.45, 2.75) is 19.1 Å². The number of rotatable bonds is 0. The van der Waals surface area contributed by atoms with Crippen LogP contribution in [0.3, 0.4) is 0 Å². The van der Waals surface area contributed by atoms with Crippen LogP contribution in [0, 0.1) is 11.8 Å². The highest BCUT2D eigenvalue weighted by Gasteiger charge is 2.31. The predicted octanol–water partition coefficient (Wildman–Crippen LogP) is 1.83. The van der Waals surface area contributed by atoms with Crippen molar-refractivity contribution in [1.82, 2.24) is 0 Å². The predicted molar refractivity (Wildman–Crippen MR) is 47.7 cm³/mol. The van der Waals surface area contributed by atoms with E-state index in [-0.39, 0.29) is 6.10 Å². The van der Waals surface area contributed by atoms with E-state index in [4.69, 9.17) is 4.74 Å². The van der Waals surface area contributed by atoms with Gasteiger partial charge in [-0.05, 0) is 19.1 Å². The number of hydrogen-bond acceptors (Lipinski definition) is 1. The molecule has 0 radical (unpaired) electrons. The summed E-state index contributed by atoms with van der Waals surface area (Å²) in [6.07, 6.45) is 0.506. The largest absolute Gasteiger partial charge is 0.356 e. The van der Waals surface area contributed by atoms with E-state index in [0.29, 0.717) is 6.10 Å². The van der Waals surface area contributed by atoms with Crippen LogP contribution in [0.1, 0.15) is 12.5 Å². The Hall–Kier alpha value is -1.26. The van der Waals surface area contributed by atoms with E-state index in [1.807, 2.05) is 37.3 Å². The van der Waals surface area contributed by atoms with Crippen molar-refractivity contribution in [2.24, 2.45) is 0 Å². The van der Waals surface area contributed by atoms with Crippen molar-refractivity contribution >= 4 is 0 Å². The van der Waals surface area contributed by atoms with Crippen LogP contribution in [-0.4, -0.2) is 12.2 Å². The third-order valence-electron chi connectivity index (χ3n) is 1.84. The second kappa shape index (κ2) is 3.00. The molecule has 60 valence electrons. The number of epoxide rings is 1. The summed E-state index contributed by atoms with van der Waals surface area (Å²) in [6, 6.07) is 9.96. The molecule has 0 bridgehead atoms. The van der Waals surface area contributed by atoms with Crippen LogP contribution in [0.4, 0.5) is 0 Å². The summed E-state index contributed by atoms with van der Waals surface area (Å²) in [6.45, 7) is 2.03. The molecule has 2 atom stereocenters. The van der Waals surface area contributed by atoms with Gasteiger partial charge in [-0.1, -0.05) is 30.0 Å². The lowest BCUT2D eigenvalue weighted by Crippen LogP contribution is -1.82. The van der Waals surface area contributed by atoms with Gasteiger partial charge in [0.15, 0.2) is 0 Å². The minimum atomic E-state index is 0.171. The van der Waals surface area contributed by atoms with Crippen LogP contribution in [-0.2, 0) is 4.74 Å². The molecule has 1 aliphatic rings. The fourth-order valence-corrected chi connectivity index (χ4v) is 1.01. The van der Waals surface area contributed by atoms with Crippen LogP contribution in [0.15, 0.2) is 30.3 Å². The average Bonchev–Trinajstić information content (AvgIpc) is 2.81. The van der Waals surface area contributed by atoms with Gasteiger partial charge in [0.2, 0.25) is 0 Å². The van der Waals surface area contributed by atoms with E-state index in [1.165, 1.54) is 0 Å². The molecule has 0 N–H and O–H groups in total. The Kier molecular flexibility index (Phi) is 1.85. The Morgan fingerprint density at radius 2 is 1.92 bits per heavy atom. The van der Waals surface area contributed by atoms with Gasteiger partial charge in [0.1, 0.15) is 6.10 Å². The molecule has 0 aliphatic carbocycles. The molecular formula is C11H10O. The monoisotopic (exact) mass is 158 g/mol. The molecule has 1 aromatic rings. The zero-order chi connectivity index (χ0) is 8.39. The van der Waals surface area contributed by atoms with Crippen molar-refractivity contribution in [3.05, 3.63) is 35.9 Å². The highest BCUT2D eigenvalue weighted by Crippen LogP contribution is 2.19. The maximum Gasteiger partial charge on any atom is 0.144 e. The lowest BCUT2D eigenvalue weighted by molar-refractivity contribution is 0.403. The van der Waals surface area contributed by atoms with Crippen molar-refractivity contribution in [2.75, 3.05) is 0 Å². The summed E-state index contributed by atoms with van der Waals surface area (Å²) in [5, 5.41) is 0. The molecule has 1 fully saturated rings. The summed E-state index contributed by atoms with van der Waals surface area (Å²) in [7, 11) is 0. The van der Waals surface area contributed by atoms with Gasteiger partial charge in [0, 0.05) is 5.56 Å². The molecule has 1 aliphatic heterocycles. The molecule has 0 aromatic heterocycles. The molecule has 0 spiro atoms. The summed E-state index contributed by atoms with van der Waals surface area (Å²) in [5.74, 6) is 6.11. The van der Waals surface area contributed by atoms with E-state index in [0.717, 1.165) is 5.56 Å². The van der Waals surface area contributed by atoms with Crippen molar-refractivity contribution in [3.8, 4) is 11.8 Å². The Morgan fingerprint density at radius 1 is 1.25 bits per heavy atom. The number of ether oxygens (including phenoxy) is 1. The Bertz CT molecular complexity index is 318. The molecule has 1 heterocycles. The lowest BCUT2D eigenvalue weighted by Gasteiger charge is -1.84. The highest BCUT2D eigenvalue weighted by molar-refractivity contribution is 5.35. The first-order chi connectivity index (χ1) is 5.86. The van der Waals surface area contributed by atoms with E-state index in [2.05, 4.69) is 11.8 Å². The quantitative estimate of drug-likeness (QED) is 0.414. The lowest BCUT2D eigenvalue weighted by atomic mass is 10.2. The standard InChI is InChI=1S/C11H10O/c1-9-11(12-9)8-7-10-5-3-2-4-6-10/h2-6,9,11H,1H3/t9-,11+/m0/s1. The maximum absolute atomic E-state index is 5.16. The van der Waals surface area contributed by atoms with E-state index in [9.17, 15) is 0 Å². The van der Waals surface area contributed by atoms with Crippen LogP contribution >= 0.6 is 0 Å². The fraction of sp³-hybridized carbons (Fsp3) is 0.273. The molecule has 0 amide bonds. The summed E-state index contributed by atoms with van der Waals surface area (Å²) in [5.41, 5.74) is 1.06. The van der Waals surface area contributed by atoms with Crippen LogP contribution in [0.2, 0.25) is 0 Å². The van der Waals surface area contributed by atoms with Crippen LogP contribution in [0.25, 0.3) is 0 Å². The van der Waals surface area contributed by atoms with Gasteiger partial charge in [0.05, 0.1) is 6.10 Å². The van der Waals surface area contributed by atoms with E-state index >= 15 is 0 Å². The third-order valence-corrected chi connectivity index (χ3v) is 1.84. The first-order valence-electron chi connectivity index (χ1n) is 4.08. The molecule has 2 rings (SSSR count). The van der Waals surface area contributed by atoms with Gasteiger partial charge in [-0.15, -0.1) is 0 Å². The minimum Gasteiger partial charge on any atom is -0.356 e. The molecule has 1 heteroatoms. The summed E-state index contributed by atoms with van der Waals surface area (Å²) >= 11 is 0. The first kappa shape index (κ1) is 7.39. The van der Waals surface area contributed by atoms with Crippen LogP contribution < -0.4 is 0 Å². The molecule has 12 heavy (non-hydrogen) atoms. The number of benzene rings is 1. The molecule has 0 saturated carbocycles. The third kappa shape index (κ3) is 1.66. The van der Waals surface area contributed by atoms with Gasteiger partial charge in [-0.3, -0.25) is 0 Å². The molecule has 1 aromatic carbocycles. The first-order valence-corrected chi connectivity index (χ1v) is 4.08. The Morgan fingerprint density at radius 3 is 2.50 bits per heavy atom. The minimum absolute atomic E-state index is 0.171. The highest BCUT2D eigenvalue weighted by atomic mass is 16.6. The van der Waals surface area contributed by atoms with Crippen molar-refractivity contribution in [1.29, 1.82) is 0 Å². The second-order valence-electron chi connectivity index (χ2n) is 2.90. The Balaban J connectivity index is 2.06. The van der Waals surface area contributed by atoms with E-state index in [1.54, 1.807) is 0 Å². The zero-order valence-corrected chi connectivity index (χ0v) is 6.95. The van der Waals surface area contributed by atoms with Crippen molar-refractivity contribution in [3.63, 3.8) is 0 Å². The van der Waals surface area contributed by atoms with Crippen LogP contribution in [0.5, 0.6) is 0 Å². The summed E-state index contributed by atoms with van der Waals surface area (Å²) < 4.78 is 5.16. The topological polar surface area (TPSA) is 12.5 Å². The van der Waals surface area contributed by atoms with Gasteiger partial charge in [0.25, 0.3) is 0 Å². The summed E-state index contributed by atoms with van der Waals surface area (Å²) in [4.78, 5) is 0. The molecule has 1 saturated heterocycles. The smallest absolute Gasteiger partial charge is 0.144 e. The Labute approximate surface area is 72.4 Å².